The molecule has 0 amide bonds. The summed E-state index contributed by atoms with van der Waals surface area (Å²) in [7, 11) is 3.76. The molecule has 138 valence electrons. The van der Waals surface area contributed by atoms with Crippen LogP contribution in [0, 0.1) is 5.82 Å². The number of halogens is 1. The molecule has 0 bridgehead atoms. The molecule has 0 saturated heterocycles. The minimum Gasteiger partial charge on any atom is -0.477 e. The number of aromatic nitrogens is 1. The lowest BCUT2D eigenvalue weighted by Gasteiger charge is -2.16. The van der Waals surface area contributed by atoms with Gasteiger partial charge in [-0.25, -0.2) is 9.18 Å². The maximum absolute atomic E-state index is 13.3. The van der Waals surface area contributed by atoms with Crippen molar-refractivity contribution in [3.05, 3.63) is 76.3 Å². The van der Waals surface area contributed by atoms with Crippen LogP contribution in [-0.4, -0.2) is 35.1 Å². The minimum absolute atomic E-state index is 0.127. The van der Waals surface area contributed by atoms with Crippen LogP contribution in [0.3, 0.4) is 0 Å². The molecule has 1 aromatic heterocycles. The van der Waals surface area contributed by atoms with E-state index in [-0.39, 0.29) is 5.69 Å². The van der Waals surface area contributed by atoms with Gasteiger partial charge in [-0.15, -0.1) is 4.73 Å². The molecule has 0 fully saturated rings. The molecule has 3 rings (SSSR count). The SMILES string of the molecule is CN(C)c1ccc(-c2c(-c3ccc(F)cc3)cc(C(=O)O)c(=O)n2O)cc1. The first-order valence-electron chi connectivity index (χ1n) is 8.06. The zero-order valence-electron chi connectivity index (χ0n) is 14.7. The Kier molecular flexibility index (Phi) is 4.68. The first-order valence-corrected chi connectivity index (χ1v) is 8.06. The lowest BCUT2D eigenvalue weighted by Crippen LogP contribution is -2.26. The van der Waals surface area contributed by atoms with Gasteiger partial charge in [0.15, 0.2) is 0 Å². The topological polar surface area (TPSA) is 82.8 Å². The molecular weight excluding hydrogens is 351 g/mol. The smallest absolute Gasteiger partial charge is 0.341 e. The average molecular weight is 368 g/mol. The molecule has 0 spiro atoms. The summed E-state index contributed by atoms with van der Waals surface area (Å²) in [6.45, 7) is 0. The van der Waals surface area contributed by atoms with Gasteiger partial charge in [0, 0.05) is 30.9 Å². The summed E-state index contributed by atoms with van der Waals surface area (Å²) < 4.78 is 13.6. The van der Waals surface area contributed by atoms with Gasteiger partial charge in [0.2, 0.25) is 0 Å². The Hall–Kier alpha value is -3.61. The second-order valence-corrected chi connectivity index (χ2v) is 6.19. The van der Waals surface area contributed by atoms with Crippen molar-refractivity contribution in [2.45, 2.75) is 0 Å². The summed E-state index contributed by atoms with van der Waals surface area (Å²) in [5.41, 5.74) is 0.695. The highest BCUT2D eigenvalue weighted by Gasteiger charge is 2.21. The molecule has 3 aromatic rings. The maximum atomic E-state index is 13.3. The Morgan fingerprint density at radius 2 is 1.56 bits per heavy atom. The van der Waals surface area contributed by atoms with E-state index in [1.807, 2.05) is 19.0 Å². The number of hydrogen-bond acceptors (Lipinski definition) is 4. The number of carbonyl (C=O) groups is 1. The van der Waals surface area contributed by atoms with Gasteiger partial charge in [0.1, 0.15) is 11.4 Å². The van der Waals surface area contributed by atoms with Crippen molar-refractivity contribution in [3.8, 4) is 22.4 Å². The quantitative estimate of drug-likeness (QED) is 0.691. The standard InChI is InChI=1S/C20H17FN2O4/c1-22(2)15-9-5-13(6-10-15)18-16(12-3-7-14(21)8-4-12)11-17(20(25)26)19(24)23(18)27/h3-11,27H,1-2H3,(H,25,26). The van der Waals surface area contributed by atoms with Crippen LogP contribution in [0.25, 0.3) is 22.4 Å². The van der Waals surface area contributed by atoms with E-state index in [0.29, 0.717) is 21.4 Å². The fourth-order valence-corrected chi connectivity index (χ4v) is 2.80. The van der Waals surface area contributed by atoms with Gasteiger partial charge < -0.3 is 15.2 Å². The van der Waals surface area contributed by atoms with Gasteiger partial charge in [0.25, 0.3) is 5.56 Å². The third kappa shape index (κ3) is 3.39. The third-order valence-corrected chi connectivity index (χ3v) is 4.22. The van der Waals surface area contributed by atoms with E-state index in [1.165, 1.54) is 30.3 Å². The predicted octanol–water partition coefficient (Wildman–Crippen LogP) is 3.32. The molecule has 0 aliphatic rings. The van der Waals surface area contributed by atoms with Crippen LogP contribution >= 0.6 is 0 Å². The maximum Gasteiger partial charge on any atom is 0.341 e. The van der Waals surface area contributed by atoms with Crippen LogP contribution < -0.4 is 10.5 Å². The number of benzene rings is 2. The largest absolute Gasteiger partial charge is 0.477 e. The van der Waals surface area contributed by atoms with Crippen molar-refractivity contribution in [2.24, 2.45) is 0 Å². The molecular formula is C20H17FN2O4. The number of carboxylic acids is 1. The predicted molar refractivity (Wildman–Crippen MR) is 100 cm³/mol. The summed E-state index contributed by atoms with van der Waals surface area (Å²) in [4.78, 5) is 25.6. The molecule has 7 heteroatoms. The van der Waals surface area contributed by atoms with Gasteiger partial charge >= 0.3 is 5.97 Å². The van der Waals surface area contributed by atoms with Gasteiger partial charge in [-0.3, -0.25) is 4.79 Å². The lowest BCUT2D eigenvalue weighted by atomic mass is 9.97. The Labute approximate surface area is 154 Å². The minimum atomic E-state index is -1.46. The molecule has 2 N–H and O–H groups in total. The van der Waals surface area contributed by atoms with Crippen LogP contribution in [-0.2, 0) is 0 Å². The van der Waals surface area contributed by atoms with Gasteiger partial charge in [-0.1, -0.05) is 24.3 Å². The van der Waals surface area contributed by atoms with E-state index in [4.69, 9.17) is 0 Å². The highest BCUT2D eigenvalue weighted by molar-refractivity contribution is 5.92. The zero-order valence-corrected chi connectivity index (χ0v) is 14.7. The number of rotatable bonds is 4. The molecule has 0 aliphatic heterocycles. The second-order valence-electron chi connectivity index (χ2n) is 6.19. The fraction of sp³-hybridized carbons (Fsp3) is 0.100. The molecule has 0 atom stereocenters. The van der Waals surface area contributed by atoms with Gasteiger partial charge in [-0.05, 0) is 35.9 Å². The molecule has 0 radical (unpaired) electrons. The Bertz CT molecular complexity index is 1060. The van der Waals surface area contributed by atoms with E-state index in [1.54, 1.807) is 24.3 Å². The second kappa shape index (κ2) is 6.95. The summed E-state index contributed by atoms with van der Waals surface area (Å²) in [6, 6.07) is 13.6. The average Bonchev–Trinajstić information content (AvgIpc) is 2.64. The van der Waals surface area contributed by atoms with Gasteiger partial charge in [-0.2, -0.15) is 0 Å². The summed E-state index contributed by atoms with van der Waals surface area (Å²) in [5, 5.41) is 19.7. The van der Waals surface area contributed by atoms with E-state index in [9.17, 15) is 24.3 Å². The normalized spacial score (nSPS) is 10.6. The third-order valence-electron chi connectivity index (χ3n) is 4.22. The number of nitrogens with zero attached hydrogens (tertiary/aromatic N) is 2. The molecule has 0 unspecified atom stereocenters. The Balaban J connectivity index is 2.31. The number of aromatic carboxylic acids is 1. The summed E-state index contributed by atoms with van der Waals surface area (Å²) in [5.74, 6) is -1.91. The first-order chi connectivity index (χ1) is 12.8. The Morgan fingerprint density at radius 3 is 2.07 bits per heavy atom. The zero-order chi connectivity index (χ0) is 19.7. The van der Waals surface area contributed by atoms with Crippen LogP contribution in [0.5, 0.6) is 0 Å². The fourth-order valence-electron chi connectivity index (χ4n) is 2.80. The molecule has 1 heterocycles. The van der Waals surface area contributed by atoms with E-state index >= 15 is 0 Å². The molecule has 0 saturated carbocycles. The first kappa shape index (κ1) is 18.2. The van der Waals surface area contributed by atoms with Crippen LogP contribution in [0.2, 0.25) is 0 Å². The highest BCUT2D eigenvalue weighted by atomic mass is 19.1. The van der Waals surface area contributed by atoms with E-state index < -0.39 is 22.9 Å². The molecule has 2 aromatic carbocycles. The van der Waals surface area contributed by atoms with Crippen molar-refractivity contribution < 1.29 is 19.5 Å². The monoisotopic (exact) mass is 368 g/mol. The van der Waals surface area contributed by atoms with E-state index in [0.717, 1.165) is 5.69 Å². The summed E-state index contributed by atoms with van der Waals surface area (Å²) >= 11 is 0. The number of anilines is 1. The lowest BCUT2D eigenvalue weighted by molar-refractivity contribution is 0.0688. The van der Waals surface area contributed by atoms with Crippen molar-refractivity contribution in [3.63, 3.8) is 0 Å². The van der Waals surface area contributed by atoms with E-state index in [2.05, 4.69) is 0 Å². The summed E-state index contributed by atoms with van der Waals surface area (Å²) in [6.07, 6.45) is 0. The number of carboxylic acid groups (broad SMARTS) is 1. The van der Waals surface area contributed by atoms with Crippen molar-refractivity contribution in [1.82, 2.24) is 4.73 Å². The molecule has 27 heavy (non-hydrogen) atoms. The Morgan fingerprint density at radius 1 is 1.00 bits per heavy atom. The molecule has 6 nitrogen and oxygen atoms in total. The van der Waals surface area contributed by atoms with Crippen LogP contribution in [0.15, 0.2) is 59.4 Å². The van der Waals surface area contributed by atoms with Crippen molar-refractivity contribution in [1.29, 1.82) is 0 Å². The van der Waals surface area contributed by atoms with Crippen LogP contribution in [0.4, 0.5) is 10.1 Å². The van der Waals surface area contributed by atoms with Crippen molar-refractivity contribution >= 4 is 11.7 Å². The van der Waals surface area contributed by atoms with Crippen molar-refractivity contribution in [2.75, 3.05) is 19.0 Å². The number of hydrogen-bond donors (Lipinski definition) is 2. The van der Waals surface area contributed by atoms with Crippen LogP contribution in [0.1, 0.15) is 10.4 Å². The highest BCUT2D eigenvalue weighted by Crippen LogP contribution is 2.32. The number of pyridine rings is 1. The molecule has 0 aliphatic carbocycles. The van der Waals surface area contributed by atoms with Gasteiger partial charge in [0.05, 0.1) is 5.69 Å².